The van der Waals surface area contributed by atoms with E-state index in [2.05, 4.69) is 38.7 Å². The summed E-state index contributed by atoms with van der Waals surface area (Å²) in [5, 5.41) is 3.48. The third-order valence-corrected chi connectivity index (χ3v) is 24.1. The zero-order valence-electron chi connectivity index (χ0n) is 39.9. The molecule has 0 radical (unpaired) electrons. The van der Waals surface area contributed by atoms with Crippen LogP contribution in [0.3, 0.4) is 0 Å². The lowest BCUT2D eigenvalue weighted by molar-refractivity contribution is -0.163. The van der Waals surface area contributed by atoms with Crippen molar-refractivity contribution in [3.05, 3.63) is 152 Å². The van der Waals surface area contributed by atoms with E-state index in [-0.39, 0.29) is 29.9 Å². The number of hydrogen-bond acceptors (Lipinski definition) is 10. The van der Waals surface area contributed by atoms with Crippen LogP contribution >= 0.6 is 6.89 Å². The van der Waals surface area contributed by atoms with Crippen molar-refractivity contribution in [2.24, 2.45) is 11.8 Å². The number of nitrogens with one attached hydrogen (secondary N) is 1. The first kappa shape index (κ1) is 50.8. The van der Waals surface area contributed by atoms with E-state index in [0.717, 1.165) is 45.0 Å². The summed E-state index contributed by atoms with van der Waals surface area (Å²) in [5.41, 5.74) is 1.60. The molecule has 0 spiro atoms. The molecule has 2 heterocycles. The lowest BCUT2D eigenvalue weighted by Gasteiger charge is -2.53. The average Bonchev–Trinajstić information content (AvgIpc) is 3.65. The highest BCUT2D eigenvalue weighted by Crippen LogP contribution is 2.51. The third-order valence-electron chi connectivity index (χ3n) is 13.7. The monoisotopic (exact) mass is 988 g/mol. The minimum Gasteiger partial charge on any atom is -0.457 e. The number of carbonyl (C=O) groups is 4. The number of likely N-dealkylation sites (tertiary alicyclic amines) is 1. The fraction of sp³-hybridized carbons (Fsp3) is 0.315. The molecule has 0 bridgehead atoms. The molecule has 2 aliphatic heterocycles. The Kier molecular flexibility index (Phi) is 16.0. The van der Waals surface area contributed by atoms with Crippen molar-refractivity contribution in [1.29, 1.82) is 0 Å². The molecule has 7 rings (SSSR count). The summed E-state index contributed by atoms with van der Waals surface area (Å²) in [6.45, 7) is 13.8. The maximum atomic E-state index is 15.3. The second kappa shape index (κ2) is 21.7. The number of ether oxygens (including phenoxy) is 3. The molecule has 0 saturated carbocycles. The van der Waals surface area contributed by atoms with Crippen molar-refractivity contribution in [2.75, 3.05) is 24.5 Å². The zero-order valence-corrected chi connectivity index (χ0v) is 42.6. The van der Waals surface area contributed by atoms with Gasteiger partial charge >= 0.3 is 12.1 Å². The summed E-state index contributed by atoms with van der Waals surface area (Å²) in [6, 6.07) is 37.4. The lowest BCUT2D eigenvalue weighted by Crippen LogP contribution is -2.71. The maximum Gasteiger partial charge on any atom is 0.508 e. The third kappa shape index (κ3) is 9.77. The summed E-state index contributed by atoms with van der Waals surface area (Å²) in [7, 11) is -6.05. The smallest absolute Gasteiger partial charge is 0.457 e. The number of ketones is 1. The van der Waals surface area contributed by atoms with Gasteiger partial charge in [0.1, 0.15) is 35.4 Å². The first-order valence-corrected chi connectivity index (χ1v) is 29.3. The van der Waals surface area contributed by atoms with Gasteiger partial charge < -0.3 is 23.5 Å². The molecule has 0 aliphatic carbocycles. The number of Topliss-reactive ketones (excluding diaryl/α,β-unsaturated/α-hetero) is 1. The number of sulfonamides is 1. The van der Waals surface area contributed by atoms with Crippen molar-refractivity contribution in [2.45, 2.75) is 82.6 Å². The number of esters is 1. The summed E-state index contributed by atoms with van der Waals surface area (Å²) in [4.78, 5) is 60.3. The Bertz CT molecular complexity index is 2800. The van der Waals surface area contributed by atoms with Crippen molar-refractivity contribution in [1.82, 2.24) is 4.90 Å². The van der Waals surface area contributed by atoms with E-state index >= 15 is 14.4 Å². The minimum atomic E-state index is -4.09. The van der Waals surface area contributed by atoms with Crippen LogP contribution in [0.5, 0.6) is 0 Å². The van der Waals surface area contributed by atoms with Crippen LogP contribution in [0.2, 0.25) is 18.1 Å². The first-order chi connectivity index (χ1) is 33.2. The molecule has 1 amide bonds. The van der Waals surface area contributed by atoms with E-state index < -0.39 is 73.0 Å². The maximum absolute atomic E-state index is 15.3. The molecule has 362 valence electrons. The highest BCUT2D eigenvalue weighted by Gasteiger charge is 2.59. The molecule has 5 aromatic rings. The number of rotatable bonds is 22. The van der Waals surface area contributed by atoms with E-state index in [0.29, 0.717) is 29.7 Å². The molecule has 0 unspecified atom stereocenters. The van der Waals surface area contributed by atoms with Crippen LogP contribution in [0.15, 0.2) is 145 Å². The summed E-state index contributed by atoms with van der Waals surface area (Å²) in [6.07, 6.45) is 0.801. The summed E-state index contributed by atoms with van der Waals surface area (Å²) in [5.74, 6) is -3.99. The van der Waals surface area contributed by atoms with Crippen LogP contribution in [-0.2, 0) is 55.9 Å². The topological polar surface area (TPSA) is 155 Å². The van der Waals surface area contributed by atoms with Crippen molar-refractivity contribution < 1.29 is 46.2 Å². The van der Waals surface area contributed by atoms with Gasteiger partial charge in [0.15, 0.2) is 8.32 Å². The number of benzene rings is 5. The van der Waals surface area contributed by atoms with Gasteiger partial charge in [0.25, 0.3) is 10.0 Å². The number of β-lactam (4-membered cyclic amide) rings is 1. The predicted octanol–water partition coefficient (Wildman–Crippen LogP) is 8.67. The van der Waals surface area contributed by atoms with Gasteiger partial charge in [-0.05, 0) is 70.0 Å². The Morgan fingerprint density at radius 3 is 1.87 bits per heavy atom. The molecule has 1 saturated heterocycles. The van der Waals surface area contributed by atoms with E-state index in [1.165, 1.54) is 17.1 Å². The molecule has 69 heavy (non-hydrogen) atoms. The van der Waals surface area contributed by atoms with Gasteiger partial charge in [0, 0.05) is 31.2 Å². The summed E-state index contributed by atoms with van der Waals surface area (Å²) < 4.78 is 54.3. The largest absolute Gasteiger partial charge is 0.508 e. The molecule has 4 atom stereocenters. The highest BCUT2D eigenvalue weighted by atomic mass is 32.2. The van der Waals surface area contributed by atoms with Gasteiger partial charge in [-0.1, -0.05) is 162 Å². The number of anilines is 1. The van der Waals surface area contributed by atoms with Gasteiger partial charge in [0.05, 0.1) is 17.6 Å². The molecule has 1 fully saturated rings. The lowest BCUT2D eigenvalue weighted by atomic mass is 9.74. The van der Waals surface area contributed by atoms with Crippen LogP contribution < -0.4 is 20.6 Å². The molecule has 0 aromatic heterocycles. The van der Waals surface area contributed by atoms with Crippen LogP contribution in [-0.4, -0.2) is 82.8 Å². The Balaban J connectivity index is 1.43. The van der Waals surface area contributed by atoms with E-state index in [1.54, 1.807) is 26.0 Å². The SMILES string of the molecule is C=CCOC(=O)O[C@H](C)[C@H]1C(=O)N(C(C(=O)OCC=C)=P(c2ccccc2)(c2ccccc2)c2ccccc2)[C@@H]1[C@@H](C)C(=O)Cc1cc(CCO[Si](CC)(CC)CC)c2cccc3c2c1S(=O)(=O)N3. The molecule has 5 aromatic carbocycles. The van der Waals surface area contributed by atoms with Crippen molar-refractivity contribution >= 4 is 86.8 Å². The van der Waals surface area contributed by atoms with E-state index in [9.17, 15) is 13.2 Å². The highest BCUT2D eigenvalue weighted by molar-refractivity contribution is 7.96. The molecule has 15 heteroatoms. The quantitative estimate of drug-likeness (QED) is 0.0234. The Morgan fingerprint density at radius 1 is 0.783 bits per heavy atom. The minimum absolute atomic E-state index is 0.0224. The van der Waals surface area contributed by atoms with Gasteiger partial charge in [-0.2, -0.15) is 0 Å². The number of nitrogens with zero attached hydrogens (tertiary/aromatic N) is 1. The van der Waals surface area contributed by atoms with Crippen LogP contribution in [0, 0.1) is 11.8 Å². The van der Waals surface area contributed by atoms with E-state index in [4.69, 9.17) is 18.6 Å². The van der Waals surface area contributed by atoms with Gasteiger partial charge in [0.2, 0.25) is 5.91 Å². The van der Waals surface area contributed by atoms with Gasteiger partial charge in [-0.15, -0.1) is 0 Å². The molecular formula is C54H61N2O10PSSi. The Morgan fingerprint density at radius 2 is 1.33 bits per heavy atom. The zero-order chi connectivity index (χ0) is 49.5. The molecule has 2 aliphatic rings. The molecule has 1 N–H and O–H groups in total. The van der Waals surface area contributed by atoms with Crippen LogP contribution in [0.4, 0.5) is 10.5 Å². The second-order valence-electron chi connectivity index (χ2n) is 17.4. The molecule has 12 nitrogen and oxygen atoms in total. The second-order valence-corrected chi connectivity index (χ2v) is 27.1. The predicted molar refractivity (Wildman–Crippen MR) is 277 cm³/mol. The number of hydrogen-bond donors (Lipinski definition) is 1. The molecular weight excluding hydrogens is 928 g/mol. The average molecular weight is 989 g/mol. The fourth-order valence-electron chi connectivity index (χ4n) is 10.0. The van der Waals surface area contributed by atoms with Crippen molar-refractivity contribution in [3.8, 4) is 0 Å². The van der Waals surface area contributed by atoms with Crippen molar-refractivity contribution in [3.63, 3.8) is 0 Å². The van der Waals surface area contributed by atoms with E-state index in [1.807, 2.05) is 103 Å². The number of amides is 1. The van der Waals surface area contributed by atoms with Gasteiger partial charge in [-0.25, -0.2) is 18.0 Å². The fourth-order valence-corrected chi connectivity index (χ4v) is 18.6. The summed E-state index contributed by atoms with van der Waals surface area (Å²) >= 11 is 0. The Labute approximate surface area is 406 Å². The normalized spacial score (nSPS) is 16.9. The Hall–Kier alpha value is -6.05. The first-order valence-electron chi connectivity index (χ1n) is 23.5. The number of carbonyl (C=O) groups excluding carboxylic acids is 4. The standard InChI is InChI=1S/C54H61N2O10PSSi/c1-8-32-63-53(59)52(67(41-23-16-13-17-24-41,42-25-18-14-19-26-42)43-27-20-15-21-28-43)56-49(47(51(56)58)38(7)66-54(60)64-33-9-2)37(6)46(57)36-40-35-39(31-34-65-69(10-3,11-4)12-5)44-29-22-30-45-48(44)50(40)68(61,62)55-45/h8-9,13-30,35,37-38,47,49,55H,1-2,10-12,31-34,36H2,3-7H3/t37-,38+,47+,49+/m0/s1. The van der Waals surface area contributed by atoms with Crippen LogP contribution in [0.1, 0.15) is 45.7 Å². The van der Waals surface area contributed by atoms with Gasteiger partial charge in [-0.3, -0.25) is 14.3 Å². The van der Waals surface area contributed by atoms with Crippen LogP contribution in [0.25, 0.3) is 10.8 Å².